The minimum absolute atomic E-state index is 0.529. The number of hydrogen-bond acceptors (Lipinski definition) is 4. The molecular weight excluding hydrogens is 208 g/mol. The zero-order valence-corrected chi connectivity index (χ0v) is 9.92. The lowest BCUT2D eigenvalue weighted by Gasteiger charge is -2.20. The molecule has 1 heterocycles. The van der Waals surface area contributed by atoms with Crippen molar-refractivity contribution in [2.75, 3.05) is 18.0 Å². The van der Waals surface area contributed by atoms with Gasteiger partial charge in [-0.25, -0.2) is 9.97 Å². The molecule has 0 fully saturated rings. The van der Waals surface area contributed by atoms with E-state index in [4.69, 9.17) is 18.0 Å². The summed E-state index contributed by atoms with van der Waals surface area (Å²) in [5, 5.41) is 0. The summed E-state index contributed by atoms with van der Waals surface area (Å²) < 4.78 is 0. The molecule has 0 amide bonds. The molecule has 0 bridgehead atoms. The molecule has 0 aliphatic carbocycles. The maximum absolute atomic E-state index is 5.47. The summed E-state index contributed by atoms with van der Waals surface area (Å²) >= 11 is 4.85. The lowest BCUT2D eigenvalue weighted by molar-refractivity contribution is 0.794. The van der Waals surface area contributed by atoms with Gasteiger partial charge in [0.2, 0.25) is 5.95 Å². The third kappa shape index (κ3) is 3.79. The average Bonchev–Trinajstić information content (AvgIpc) is 2.18. The molecule has 82 valence electrons. The summed E-state index contributed by atoms with van der Waals surface area (Å²) in [7, 11) is 0. The van der Waals surface area contributed by atoms with Crippen molar-refractivity contribution in [3.63, 3.8) is 0 Å². The Morgan fingerprint density at radius 1 is 1.60 bits per heavy atom. The van der Waals surface area contributed by atoms with E-state index >= 15 is 0 Å². The first-order valence-corrected chi connectivity index (χ1v) is 5.37. The molecule has 0 radical (unpaired) electrons. The van der Waals surface area contributed by atoms with Crippen LogP contribution in [0.15, 0.2) is 12.3 Å². The molecule has 0 aliphatic rings. The molecule has 1 rings (SSSR count). The van der Waals surface area contributed by atoms with E-state index in [9.17, 15) is 0 Å². The van der Waals surface area contributed by atoms with Gasteiger partial charge in [-0.3, -0.25) is 0 Å². The quantitative estimate of drug-likeness (QED) is 0.764. The minimum atomic E-state index is 0.529. The van der Waals surface area contributed by atoms with Gasteiger partial charge in [0.1, 0.15) is 0 Å². The number of aromatic nitrogens is 2. The van der Waals surface area contributed by atoms with Gasteiger partial charge in [0.05, 0.1) is 4.99 Å². The molecular formula is C10H16N4S. The summed E-state index contributed by atoms with van der Waals surface area (Å²) in [4.78, 5) is 11.2. The maximum atomic E-state index is 5.47. The lowest BCUT2D eigenvalue weighted by Crippen LogP contribution is -2.28. The van der Waals surface area contributed by atoms with Crippen molar-refractivity contribution in [3.8, 4) is 0 Å². The Bertz CT molecular complexity index is 340. The van der Waals surface area contributed by atoms with Crippen LogP contribution in [0.3, 0.4) is 0 Å². The summed E-state index contributed by atoms with van der Waals surface area (Å²) in [5.41, 5.74) is 6.43. The standard InChI is InChI=1S/C10H16N4S/c1-3-14(7-5-9(11)15)10-12-6-4-8(2)13-10/h4,6H,3,5,7H2,1-2H3,(H2,11,15). The molecule has 0 saturated carbocycles. The normalized spacial score (nSPS) is 10.0. The lowest BCUT2D eigenvalue weighted by atomic mass is 10.4. The zero-order chi connectivity index (χ0) is 11.3. The largest absolute Gasteiger partial charge is 0.393 e. The predicted octanol–water partition coefficient (Wildman–Crippen LogP) is 1.29. The Morgan fingerprint density at radius 2 is 2.33 bits per heavy atom. The van der Waals surface area contributed by atoms with Crippen LogP contribution >= 0.6 is 12.2 Å². The van der Waals surface area contributed by atoms with Crippen molar-refractivity contribution >= 4 is 23.2 Å². The highest BCUT2D eigenvalue weighted by atomic mass is 32.1. The number of aryl methyl sites for hydroxylation is 1. The monoisotopic (exact) mass is 224 g/mol. The molecule has 0 spiro atoms. The average molecular weight is 224 g/mol. The summed E-state index contributed by atoms with van der Waals surface area (Å²) in [6.45, 7) is 5.64. The van der Waals surface area contributed by atoms with Crippen LogP contribution in [0.25, 0.3) is 0 Å². The highest BCUT2D eigenvalue weighted by Gasteiger charge is 2.07. The first-order valence-electron chi connectivity index (χ1n) is 4.96. The molecule has 0 saturated heterocycles. The van der Waals surface area contributed by atoms with Crippen LogP contribution < -0.4 is 10.6 Å². The number of anilines is 1. The van der Waals surface area contributed by atoms with Gasteiger partial charge in [-0.15, -0.1) is 0 Å². The van der Waals surface area contributed by atoms with Crippen molar-refractivity contribution in [3.05, 3.63) is 18.0 Å². The third-order valence-electron chi connectivity index (χ3n) is 2.07. The molecule has 0 aliphatic heterocycles. The Labute approximate surface area is 95.5 Å². The minimum Gasteiger partial charge on any atom is -0.393 e. The Morgan fingerprint density at radius 3 is 2.87 bits per heavy atom. The molecule has 1 aromatic heterocycles. The van der Waals surface area contributed by atoms with Gasteiger partial charge in [-0.05, 0) is 19.9 Å². The van der Waals surface area contributed by atoms with Crippen molar-refractivity contribution in [1.82, 2.24) is 9.97 Å². The third-order valence-corrected chi connectivity index (χ3v) is 2.28. The first-order chi connectivity index (χ1) is 7.13. The molecule has 0 atom stereocenters. The number of nitrogens with zero attached hydrogens (tertiary/aromatic N) is 3. The predicted molar refractivity (Wildman–Crippen MR) is 66.1 cm³/mol. The highest BCUT2D eigenvalue weighted by molar-refractivity contribution is 7.80. The fourth-order valence-corrected chi connectivity index (χ4v) is 1.32. The summed E-state index contributed by atoms with van der Waals surface area (Å²) in [6, 6.07) is 1.88. The molecule has 4 nitrogen and oxygen atoms in total. The van der Waals surface area contributed by atoms with E-state index in [1.807, 2.05) is 13.0 Å². The number of nitrogens with two attached hydrogens (primary N) is 1. The molecule has 0 aromatic carbocycles. The molecule has 0 unspecified atom stereocenters. The highest BCUT2D eigenvalue weighted by Crippen LogP contribution is 2.07. The SMILES string of the molecule is CCN(CCC(N)=S)c1nccc(C)n1. The van der Waals surface area contributed by atoms with Crippen LogP contribution in [0.5, 0.6) is 0 Å². The van der Waals surface area contributed by atoms with Crippen LogP contribution in [0.1, 0.15) is 19.0 Å². The van der Waals surface area contributed by atoms with E-state index in [0.29, 0.717) is 11.4 Å². The first kappa shape index (κ1) is 11.8. The van der Waals surface area contributed by atoms with Crippen LogP contribution in [0, 0.1) is 6.92 Å². The van der Waals surface area contributed by atoms with Crippen molar-refractivity contribution in [2.24, 2.45) is 5.73 Å². The number of rotatable bonds is 5. The second-order valence-corrected chi connectivity index (χ2v) is 3.82. The summed E-state index contributed by atoms with van der Waals surface area (Å²) in [6.07, 6.45) is 2.46. The molecule has 15 heavy (non-hydrogen) atoms. The smallest absolute Gasteiger partial charge is 0.225 e. The van der Waals surface area contributed by atoms with E-state index in [1.165, 1.54) is 0 Å². The fourth-order valence-electron chi connectivity index (χ4n) is 1.23. The van der Waals surface area contributed by atoms with Crippen LogP contribution in [0.2, 0.25) is 0 Å². The topological polar surface area (TPSA) is 55.0 Å². The Balaban J connectivity index is 2.69. The molecule has 2 N–H and O–H groups in total. The Hall–Kier alpha value is -1.23. The van der Waals surface area contributed by atoms with Gasteiger partial charge < -0.3 is 10.6 Å². The van der Waals surface area contributed by atoms with Gasteiger partial charge in [-0.2, -0.15) is 0 Å². The van der Waals surface area contributed by atoms with E-state index in [-0.39, 0.29) is 0 Å². The second-order valence-electron chi connectivity index (χ2n) is 3.29. The van der Waals surface area contributed by atoms with E-state index in [2.05, 4.69) is 21.8 Å². The fraction of sp³-hybridized carbons (Fsp3) is 0.500. The van der Waals surface area contributed by atoms with Crippen molar-refractivity contribution < 1.29 is 0 Å². The van der Waals surface area contributed by atoms with Crippen LogP contribution in [-0.2, 0) is 0 Å². The maximum Gasteiger partial charge on any atom is 0.225 e. The van der Waals surface area contributed by atoms with Gasteiger partial charge >= 0.3 is 0 Å². The van der Waals surface area contributed by atoms with Crippen LogP contribution in [-0.4, -0.2) is 28.0 Å². The summed E-state index contributed by atoms with van der Waals surface area (Å²) in [5.74, 6) is 0.744. The number of thiocarbonyl (C=S) groups is 1. The van der Waals surface area contributed by atoms with E-state index in [1.54, 1.807) is 6.20 Å². The zero-order valence-electron chi connectivity index (χ0n) is 9.10. The van der Waals surface area contributed by atoms with E-state index < -0.39 is 0 Å². The van der Waals surface area contributed by atoms with Gasteiger partial charge in [0, 0.05) is 31.4 Å². The van der Waals surface area contributed by atoms with Crippen molar-refractivity contribution in [2.45, 2.75) is 20.3 Å². The van der Waals surface area contributed by atoms with E-state index in [0.717, 1.165) is 24.7 Å². The van der Waals surface area contributed by atoms with Gasteiger partial charge in [0.15, 0.2) is 0 Å². The molecule has 5 heteroatoms. The van der Waals surface area contributed by atoms with Gasteiger partial charge in [-0.1, -0.05) is 12.2 Å². The number of hydrogen-bond donors (Lipinski definition) is 1. The Kier molecular flexibility index (Phi) is 4.42. The van der Waals surface area contributed by atoms with Crippen molar-refractivity contribution in [1.29, 1.82) is 0 Å². The van der Waals surface area contributed by atoms with Crippen LogP contribution in [0.4, 0.5) is 5.95 Å². The second kappa shape index (κ2) is 5.60. The van der Waals surface area contributed by atoms with Gasteiger partial charge in [0.25, 0.3) is 0 Å². The molecule has 1 aromatic rings.